The zero-order valence-corrected chi connectivity index (χ0v) is 21.1. The minimum absolute atomic E-state index is 0.0904. The summed E-state index contributed by atoms with van der Waals surface area (Å²) in [4.78, 5) is 0. The van der Waals surface area contributed by atoms with Crippen molar-refractivity contribution >= 4 is 70.3 Å². The highest BCUT2D eigenvalue weighted by atomic mass is 79.9. The Morgan fingerprint density at radius 2 is 0.857 bits per heavy atom. The van der Waals surface area contributed by atoms with E-state index in [0.717, 1.165) is 13.4 Å². The van der Waals surface area contributed by atoms with Crippen molar-refractivity contribution in [3.8, 4) is 0 Å². The molecule has 0 aliphatic heterocycles. The molecular weight excluding hydrogens is 539 g/mol. The standard InChI is InChI=1S/C24H23BBr3/c1-24(2,3)16-17-25(18-4-10-21(26)11-5-18,19-6-12-22(27)13-7-19)20-8-14-23(28)15-9-20/h4-17H,1-3H3/q-1/b17-16+. The van der Waals surface area contributed by atoms with Crippen molar-refractivity contribution in [2.24, 2.45) is 5.41 Å². The van der Waals surface area contributed by atoms with Crippen molar-refractivity contribution in [3.05, 3.63) is 98.3 Å². The molecule has 0 fully saturated rings. The third-order valence-electron chi connectivity index (χ3n) is 5.07. The number of hydrogen-bond donors (Lipinski definition) is 0. The van der Waals surface area contributed by atoms with E-state index in [1.807, 2.05) is 0 Å². The number of rotatable bonds is 4. The van der Waals surface area contributed by atoms with E-state index in [2.05, 4.69) is 153 Å². The lowest BCUT2D eigenvalue weighted by Crippen LogP contribution is -2.66. The fourth-order valence-electron chi connectivity index (χ4n) is 3.64. The normalized spacial score (nSPS) is 12.5. The fraction of sp³-hybridized carbons (Fsp3) is 0.167. The molecule has 0 aliphatic rings. The molecule has 144 valence electrons. The van der Waals surface area contributed by atoms with Gasteiger partial charge >= 0.3 is 0 Å². The molecule has 0 N–H and O–H groups in total. The Morgan fingerprint density at radius 3 is 1.11 bits per heavy atom. The maximum absolute atomic E-state index is 3.59. The van der Waals surface area contributed by atoms with Gasteiger partial charge in [0.1, 0.15) is 6.15 Å². The molecular formula is C24H23BBr3-. The summed E-state index contributed by atoms with van der Waals surface area (Å²) >= 11 is 10.8. The number of hydrogen-bond acceptors (Lipinski definition) is 0. The first kappa shape index (κ1) is 21.6. The van der Waals surface area contributed by atoms with Gasteiger partial charge in [-0.15, -0.1) is 6.08 Å². The van der Waals surface area contributed by atoms with Crippen LogP contribution in [0.5, 0.6) is 0 Å². The van der Waals surface area contributed by atoms with Crippen LogP contribution in [-0.2, 0) is 0 Å². The van der Waals surface area contributed by atoms with Crippen LogP contribution in [0.4, 0.5) is 0 Å². The van der Waals surface area contributed by atoms with Gasteiger partial charge in [-0.2, -0.15) is 16.4 Å². The van der Waals surface area contributed by atoms with Crippen LogP contribution in [0.25, 0.3) is 0 Å². The second-order valence-electron chi connectivity index (χ2n) is 8.31. The topological polar surface area (TPSA) is 0 Å². The maximum atomic E-state index is 3.59. The van der Waals surface area contributed by atoms with E-state index in [4.69, 9.17) is 0 Å². The van der Waals surface area contributed by atoms with Crippen molar-refractivity contribution < 1.29 is 0 Å². The van der Waals surface area contributed by atoms with Gasteiger partial charge in [-0.3, -0.25) is 0 Å². The summed E-state index contributed by atoms with van der Waals surface area (Å²) < 4.78 is 3.27. The summed E-state index contributed by atoms with van der Waals surface area (Å²) in [5.74, 6) is 2.43. The summed E-state index contributed by atoms with van der Waals surface area (Å²) in [5.41, 5.74) is 3.99. The molecule has 3 aromatic carbocycles. The van der Waals surface area contributed by atoms with Gasteiger partial charge in [0, 0.05) is 13.4 Å². The Kier molecular flexibility index (Phi) is 6.74. The first-order valence-corrected chi connectivity index (χ1v) is 11.7. The molecule has 0 amide bonds. The molecule has 28 heavy (non-hydrogen) atoms. The highest BCUT2D eigenvalue weighted by Crippen LogP contribution is 2.20. The summed E-state index contributed by atoms with van der Waals surface area (Å²) in [6, 6.07) is 26.2. The van der Waals surface area contributed by atoms with Crippen LogP contribution in [0.15, 0.2) is 98.3 Å². The number of allylic oxidation sites excluding steroid dienone is 1. The van der Waals surface area contributed by atoms with Gasteiger partial charge < -0.3 is 0 Å². The second-order valence-corrected chi connectivity index (χ2v) is 11.1. The lowest BCUT2D eigenvalue weighted by Gasteiger charge is -2.41. The molecule has 0 unspecified atom stereocenters. The van der Waals surface area contributed by atoms with E-state index in [9.17, 15) is 0 Å². The molecule has 0 saturated heterocycles. The Hall–Kier alpha value is -1.10. The van der Waals surface area contributed by atoms with Gasteiger partial charge in [-0.1, -0.05) is 141 Å². The third-order valence-corrected chi connectivity index (χ3v) is 6.66. The summed E-state index contributed by atoms with van der Waals surface area (Å²) in [6.45, 7) is 6.74. The quantitative estimate of drug-likeness (QED) is 0.316. The molecule has 4 heteroatoms. The highest BCUT2D eigenvalue weighted by molar-refractivity contribution is 9.11. The van der Waals surface area contributed by atoms with Crippen molar-refractivity contribution in [2.45, 2.75) is 20.8 Å². The van der Waals surface area contributed by atoms with E-state index in [1.54, 1.807) is 0 Å². The third kappa shape index (κ3) is 4.90. The molecule has 0 radical (unpaired) electrons. The lowest BCUT2D eigenvalue weighted by atomic mass is 9.15. The molecule has 0 saturated carbocycles. The van der Waals surface area contributed by atoms with Gasteiger partial charge in [-0.25, -0.2) is 5.98 Å². The Labute approximate surface area is 193 Å². The van der Waals surface area contributed by atoms with Crippen LogP contribution in [0.2, 0.25) is 0 Å². The van der Waals surface area contributed by atoms with Crippen LogP contribution < -0.4 is 16.4 Å². The minimum Gasteiger partial charge on any atom is -0.235 e. The van der Waals surface area contributed by atoms with E-state index in [0.29, 0.717) is 0 Å². The predicted octanol–water partition coefficient (Wildman–Crippen LogP) is 6.59. The predicted molar refractivity (Wildman–Crippen MR) is 136 cm³/mol. The molecule has 0 bridgehead atoms. The summed E-state index contributed by atoms with van der Waals surface area (Å²) in [7, 11) is 0. The molecule has 0 spiro atoms. The largest absolute Gasteiger partial charge is 0.235 e. The first-order valence-electron chi connectivity index (χ1n) is 9.35. The van der Waals surface area contributed by atoms with E-state index in [-0.39, 0.29) is 5.41 Å². The molecule has 0 aliphatic carbocycles. The van der Waals surface area contributed by atoms with Crippen LogP contribution in [0.3, 0.4) is 0 Å². The Balaban J connectivity index is 2.36. The molecule has 3 aromatic rings. The van der Waals surface area contributed by atoms with Crippen molar-refractivity contribution in [1.29, 1.82) is 0 Å². The Bertz CT molecular complexity index is 840. The lowest BCUT2D eigenvalue weighted by molar-refractivity contribution is 0.545. The molecule has 3 rings (SSSR count). The molecule has 0 nitrogen and oxygen atoms in total. The van der Waals surface area contributed by atoms with Crippen LogP contribution >= 0.6 is 47.8 Å². The van der Waals surface area contributed by atoms with Crippen LogP contribution in [0, 0.1) is 5.41 Å². The monoisotopic (exact) mass is 559 g/mol. The molecule has 0 heterocycles. The van der Waals surface area contributed by atoms with E-state index < -0.39 is 6.15 Å². The number of halogens is 3. The van der Waals surface area contributed by atoms with Gasteiger partial charge in [0.15, 0.2) is 0 Å². The smallest absolute Gasteiger partial charge is 0.100 e. The van der Waals surface area contributed by atoms with Crippen LogP contribution in [0.1, 0.15) is 20.8 Å². The fourth-order valence-corrected chi connectivity index (χ4v) is 4.44. The van der Waals surface area contributed by atoms with Crippen LogP contribution in [-0.4, -0.2) is 6.15 Å². The van der Waals surface area contributed by atoms with E-state index in [1.165, 1.54) is 16.4 Å². The van der Waals surface area contributed by atoms with Gasteiger partial charge in [-0.05, 0) is 5.41 Å². The summed E-state index contributed by atoms with van der Waals surface area (Å²) in [6.07, 6.45) is 1.08. The number of benzene rings is 3. The first-order chi connectivity index (χ1) is 13.2. The average molecular weight is 562 g/mol. The SMILES string of the molecule is CC(C)(C)/C=C/[B-](c1ccc(Br)cc1)(c1ccc(Br)cc1)c1ccc(Br)cc1. The minimum atomic E-state index is -1.26. The average Bonchev–Trinajstić information content (AvgIpc) is 2.65. The second kappa shape index (κ2) is 8.73. The van der Waals surface area contributed by atoms with Gasteiger partial charge in [0.2, 0.25) is 0 Å². The van der Waals surface area contributed by atoms with Gasteiger partial charge in [0.05, 0.1) is 0 Å². The molecule has 0 aromatic heterocycles. The maximum Gasteiger partial charge on any atom is 0.100 e. The van der Waals surface area contributed by atoms with Crippen molar-refractivity contribution in [3.63, 3.8) is 0 Å². The Morgan fingerprint density at radius 1 is 0.571 bits per heavy atom. The van der Waals surface area contributed by atoms with Gasteiger partial charge in [0.25, 0.3) is 0 Å². The zero-order valence-electron chi connectivity index (χ0n) is 16.3. The van der Waals surface area contributed by atoms with E-state index >= 15 is 0 Å². The molecule has 0 atom stereocenters. The highest BCUT2D eigenvalue weighted by Gasteiger charge is 2.28. The zero-order chi connectivity index (χ0) is 20.4. The van der Waals surface area contributed by atoms with Crippen molar-refractivity contribution in [2.75, 3.05) is 0 Å². The van der Waals surface area contributed by atoms with Crippen molar-refractivity contribution in [1.82, 2.24) is 0 Å². The summed E-state index contributed by atoms with van der Waals surface area (Å²) in [5, 5.41) is 0.